The second-order valence-corrected chi connectivity index (χ2v) is 6.99. The molecular weight excluding hydrogens is 322 g/mol. The Bertz CT molecular complexity index is 920. The highest BCUT2D eigenvalue weighted by Gasteiger charge is 2.16. The van der Waals surface area contributed by atoms with Gasteiger partial charge in [0, 0.05) is 23.1 Å². The molecule has 6 heteroatoms. The molecule has 0 aliphatic carbocycles. The van der Waals surface area contributed by atoms with E-state index < -0.39 is 0 Å². The molecule has 3 heterocycles. The predicted molar refractivity (Wildman–Crippen MR) is 97.0 cm³/mol. The van der Waals surface area contributed by atoms with Crippen molar-refractivity contribution in [1.29, 1.82) is 0 Å². The van der Waals surface area contributed by atoms with Crippen molar-refractivity contribution in [3.63, 3.8) is 0 Å². The van der Waals surface area contributed by atoms with Crippen LogP contribution in [0.15, 0.2) is 18.2 Å². The maximum absolute atomic E-state index is 5.67. The highest BCUT2D eigenvalue weighted by atomic mass is 32.1. The van der Waals surface area contributed by atoms with Gasteiger partial charge in [-0.2, -0.15) is 0 Å². The van der Waals surface area contributed by atoms with Gasteiger partial charge in [0.15, 0.2) is 11.5 Å². The van der Waals surface area contributed by atoms with Gasteiger partial charge in [0.2, 0.25) is 0 Å². The van der Waals surface area contributed by atoms with Crippen molar-refractivity contribution in [2.75, 3.05) is 18.5 Å². The maximum Gasteiger partial charge on any atom is 0.163 e. The van der Waals surface area contributed by atoms with Crippen LogP contribution in [0.3, 0.4) is 0 Å². The number of hydrogen-bond acceptors (Lipinski definition) is 6. The topological polar surface area (TPSA) is 56.3 Å². The summed E-state index contributed by atoms with van der Waals surface area (Å²) < 4.78 is 11.2. The molecule has 0 saturated heterocycles. The number of fused-ring (bicyclic) bond motifs is 2. The lowest BCUT2D eigenvalue weighted by molar-refractivity contribution is 0.171. The van der Waals surface area contributed by atoms with Gasteiger partial charge >= 0.3 is 0 Å². The number of benzene rings is 1. The molecule has 1 aromatic carbocycles. The molecule has 0 radical (unpaired) electrons. The summed E-state index contributed by atoms with van der Waals surface area (Å²) in [7, 11) is 0. The summed E-state index contributed by atoms with van der Waals surface area (Å²) in [6.45, 7) is 7.50. The van der Waals surface area contributed by atoms with E-state index in [4.69, 9.17) is 14.5 Å². The third-order valence-electron chi connectivity index (χ3n) is 4.20. The zero-order valence-electron chi connectivity index (χ0n) is 14.0. The van der Waals surface area contributed by atoms with Crippen LogP contribution >= 0.6 is 11.3 Å². The van der Waals surface area contributed by atoms with Crippen LogP contribution in [0.5, 0.6) is 11.5 Å². The van der Waals surface area contributed by atoms with Crippen LogP contribution in [0.25, 0.3) is 10.2 Å². The average molecular weight is 341 g/mol. The smallest absolute Gasteiger partial charge is 0.163 e. The lowest BCUT2D eigenvalue weighted by Gasteiger charge is -2.19. The van der Waals surface area contributed by atoms with E-state index >= 15 is 0 Å². The van der Waals surface area contributed by atoms with Gasteiger partial charge in [0.1, 0.15) is 29.7 Å². The largest absolute Gasteiger partial charge is 0.486 e. The van der Waals surface area contributed by atoms with E-state index in [0.29, 0.717) is 13.2 Å². The molecular formula is C18H19N3O2S. The molecule has 3 aromatic rings. The van der Waals surface area contributed by atoms with E-state index in [-0.39, 0.29) is 0 Å². The number of rotatable bonds is 3. The minimum atomic E-state index is 0.580. The number of hydrogen-bond donors (Lipinski definition) is 1. The highest BCUT2D eigenvalue weighted by Crippen LogP contribution is 2.37. The van der Waals surface area contributed by atoms with Crippen molar-refractivity contribution in [3.05, 3.63) is 34.5 Å². The molecule has 0 atom stereocenters. The summed E-state index contributed by atoms with van der Waals surface area (Å²) in [5, 5.41) is 4.55. The van der Waals surface area contributed by atoms with Crippen molar-refractivity contribution in [2.24, 2.45) is 0 Å². The summed E-state index contributed by atoms with van der Waals surface area (Å²) in [6.07, 6.45) is 0.807. The van der Waals surface area contributed by atoms with E-state index in [1.54, 1.807) is 11.3 Å². The van der Waals surface area contributed by atoms with E-state index in [0.717, 1.165) is 45.5 Å². The number of nitrogens with zero attached hydrogens (tertiary/aromatic N) is 2. The Morgan fingerprint density at radius 3 is 2.71 bits per heavy atom. The average Bonchev–Trinajstić information content (AvgIpc) is 2.89. The molecule has 4 rings (SSSR count). The zero-order valence-corrected chi connectivity index (χ0v) is 14.8. The Morgan fingerprint density at radius 1 is 1.12 bits per heavy atom. The van der Waals surface area contributed by atoms with Crippen LogP contribution in [0.1, 0.15) is 23.2 Å². The summed E-state index contributed by atoms with van der Waals surface area (Å²) in [5.41, 5.74) is 2.17. The first kappa shape index (κ1) is 15.2. The monoisotopic (exact) mass is 341 g/mol. The molecule has 24 heavy (non-hydrogen) atoms. The predicted octanol–water partition coefficient (Wildman–Crippen LogP) is 4.39. The molecule has 1 N–H and O–H groups in total. The van der Waals surface area contributed by atoms with Crippen molar-refractivity contribution in [2.45, 2.75) is 27.2 Å². The lowest BCUT2D eigenvalue weighted by Crippen LogP contribution is -2.15. The van der Waals surface area contributed by atoms with E-state index in [9.17, 15) is 0 Å². The summed E-state index contributed by atoms with van der Waals surface area (Å²) >= 11 is 1.72. The molecule has 124 valence electrons. The summed E-state index contributed by atoms with van der Waals surface area (Å²) in [5.74, 6) is 3.26. The normalized spacial score (nSPS) is 13.3. The molecule has 5 nitrogen and oxygen atoms in total. The summed E-state index contributed by atoms with van der Waals surface area (Å²) in [4.78, 5) is 11.7. The fourth-order valence-corrected chi connectivity index (χ4v) is 3.85. The SMILES string of the molecule is CCc1nc(Nc2ccc3c(c2)OCCO3)c2c(C)c(C)sc2n1. The van der Waals surface area contributed by atoms with Crippen LogP contribution in [0.2, 0.25) is 0 Å². The lowest BCUT2D eigenvalue weighted by atomic mass is 10.2. The number of thiophene rings is 1. The Morgan fingerprint density at radius 2 is 1.92 bits per heavy atom. The Labute approximate surface area is 144 Å². The van der Waals surface area contributed by atoms with Crippen LogP contribution in [0.4, 0.5) is 11.5 Å². The first-order chi connectivity index (χ1) is 11.7. The van der Waals surface area contributed by atoms with E-state index in [1.807, 2.05) is 18.2 Å². The molecule has 1 aliphatic heterocycles. The number of anilines is 2. The fourth-order valence-electron chi connectivity index (χ4n) is 2.80. The minimum absolute atomic E-state index is 0.580. The number of aromatic nitrogens is 2. The number of nitrogens with one attached hydrogen (secondary N) is 1. The van der Waals surface area contributed by atoms with Gasteiger partial charge in [-0.15, -0.1) is 11.3 Å². The van der Waals surface area contributed by atoms with Crippen molar-refractivity contribution < 1.29 is 9.47 Å². The molecule has 0 saturated carbocycles. The Hall–Kier alpha value is -2.34. The minimum Gasteiger partial charge on any atom is -0.486 e. The third-order valence-corrected chi connectivity index (χ3v) is 5.30. The van der Waals surface area contributed by atoms with Gasteiger partial charge < -0.3 is 14.8 Å². The molecule has 1 aliphatic rings. The van der Waals surface area contributed by atoms with Crippen LogP contribution in [-0.2, 0) is 6.42 Å². The van der Waals surface area contributed by atoms with E-state index in [2.05, 4.69) is 31.1 Å². The second-order valence-electron chi connectivity index (χ2n) is 5.79. The van der Waals surface area contributed by atoms with Gasteiger partial charge in [-0.05, 0) is 31.5 Å². The quantitative estimate of drug-likeness (QED) is 0.766. The number of aryl methyl sites for hydroxylation is 3. The Balaban J connectivity index is 1.78. The van der Waals surface area contributed by atoms with Gasteiger partial charge in [-0.1, -0.05) is 6.92 Å². The standard InChI is InChI=1S/C18H19N3O2S/c1-4-15-20-17(16-10(2)11(3)24-18(16)21-15)19-12-5-6-13-14(9-12)23-8-7-22-13/h5-6,9H,4,7-8H2,1-3H3,(H,19,20,21). The third kappa shape index (κ3) is 2.57. The van der Waals surface area contributed by atoms with Gasteiger partial charge in [-0.25, -0.2) is 9.97 Å². The Kier molecular flexibility index (Phi) is 3.76. The highest BCUT2D eigenvalue weighted by molar-refractivity contribution is 7.18. The van der Waals surface area contributed by atoms with Crippen molar-refractivity contribution in [1.82, 2.24) is 9.97 Å². The van der Waals surface area contributed by atoms with Gasteiger partial charge in [0.05, 0.1) is 5.39 Å². The molecule has 0 fully saturated rings. The summed E-state index contributed by atoms with van der Waals surface area (Å²) in [6, 6.07) is 5.88. The zero-order chi connectivity index (χ0) is 16.7. The molecule has 0 bridgehead atoms. The van der Waals surface area contributed by atoms with Crippen molar-refractivity contribution >= 4 is 33.1 Å². The van der Waals surface area contributed by atoms with Crippen LogP contribution in [-0.4, -0.2) is 23.2 Å². The fraction of sp³-hybridized carbons (Fsp3) is 0.333. The molecule has 2 aromatic heterocycles. The van der Waals surface area contributed by atoms with E-state index in [1.165, 1.54) is 10.4 Å². The van der Waals surface area contributed by atoms with Crippen LogP contribution in [0, 0.1) is 13.8 Å². The molecule has 0 amide bonds. The first-order valence-corrected chi connectivity index (χ1v) is 8.90. The van der Waals surface area contributed by atoms with Gasteiger partial charge in [-0.3, -0.25) is 0 Å². The number of ether oxygens (including phenoxy) is 2. The second kappa shape index (κ2) is 5.94. The van der Waals surface area contributed by atoms with Gasteiger partial charge in [0.25, 0.3) is 0 Å². The first-order valence-electron chi connectivity index (χ1n) is 8.09. The van der Waals surface area contributed by atoms with Crippen molar-refractivity contribution in [3.8, 4) is 11.5 Å². The van der Waals surface area contributed by atoms with Crippen LogP contribution < -0.4 is 14.8 Å². The maximum atomic E-state index is 5.67. The molecule has 0 spiro atoms. The molecule has 0 unspecified atom stereocenters.